The molecule has 1 aliphatic carbocycles. The highest BCUT2D eigenvalue weighted by Gasteiger charge is 2.20. The van der Waals surface area contributed by atoms with Crippen LogP contribution in [0.2, 0.25) is 0 Å². The molecule has 0 bridgehead atoms. The van der Waals surface area contributed by atoms with E-state index in [1.54, 1.807) is 12.1 Å². The summed E-state index contributed by atoms with van der Waals surface area (Å²) < 4.78 is 14.4. The second-order valence-corrected chi connectivity index (χ2v) is 5.61. The van der Waals surface area contributed by atoms with Gasteiger partial charge in [0.15, 0.2) is 4.77 Å². The molecule has 2 N–H and O–H groups in total. The normalized spacial score (nSPS) is 14.6. The SMILES string of the molecule is O=c1[nH]c(=S)n(Cc2ccc(F)cc2)c(O)c1C=NC1CC1. The van der Waals surface area contributed by atoms with Gasteiger partial charge in [0.25, 0.3) is 5.56 Å². The Morgan fingerprint density at radius 1 is 1.41 bits per heavy atom. The Morgan fingerprint density at radius 3 is 2.73 bits per heavy atom. The van der Waals surface area contributed by atoms with Gasteiger partial charge in [0.2, 0.25) is 5.88 Å². The molecule has 0 amide bonds. The predicted molar refractivity (Wildman–Crippen MR) is 83.7 cm³/mol. The molecule has 1 saturated carbocycles. The van der Waals surface area contributed by atoms with E-state index in [-0.39, 0.29) is 34.6 Å². The van der Waals surface area contributed by atoms with Crippen molar-refractivity contribution in [3.63, 3.8) is 0 Å². The number of H-pyrrole nitrogens is 1. The van der Waals surface area contributed by atoms with Crippen molar-refractivity contribution in [2.75, 3.05) is 0 Å². The summed E-state index contributed by atoms with van der Waals surface area (Å²) in [5.41, 5.74) is 0.370. The third-order valence-electron chi connectivity index (χ3n) is 3.42. The van der Waals surface area contributed by atoms with E-state index in [1.807, 2.05) is 0 Å². The van der Waals surface area contributed by atoms with E-state index in [4.69, 9.17) is 12.2 Å². The van der Waals surface area contributed by atoms with Crippen LogP contribution >= 0.6 is 12.2 Å². The van der Waals surface area contributed by atoms with E-state index in [0.29, 0.717) is 0 Å². The lowest BCUT2D eigenvalue weighted by atomic mass is 10.2. The average Bonchev–Trinajstić information content (AvgIpc) is 3.29. The highest BCUT2D eigenvalue weighted by Crippen LogP contribution is 2.23. The molecule has 0 unspecified atom stereocenters. The predicted octanol–water partition coefficient (Wildman–Crippen LogP) is 2.38. The molecule has 1 aromatic heterocycles. The van der Waals surface area contributed by atoms with E-state index >= 15 is 0 Å². The van der Waals surface area contributed by atoms with Crippen molar-refractivity contribution in [1.82, 2.24) is 9.55 Å². The first-order valence-corrected chi connectivity index (χ1v) is 7.29. The fraction of sp³-hybridized carbons (Fsp3) is 0.267. The molecule has 3 rings (SSSR count). The maximum absolute atomic E-state index is 12.9. The van der Waals surface area contributed by atoms with Gasteiger partial charge >= 0.3 is 0 Å². The van der Waals surface area contributed by atoms with E-state index in [1.165, 1.54) is 22.9 Å². The Kier molecular flexibility index (Phi) is 3.89. The minimum Gasteiger partial charge on any atom is -0.494 e. The number of benzene rings is 1. The fourth-order valence-electron chi connectivity index (χ4n) is 2.01. The maximum Gasteiger partial charge on any atom is 0.264 e. The van der Waals surface area contributed by atoms with Crippen molar-refractivity contribution < 1.29 is 9.50 Å². The summed E-state index contributed by atoms with van der Waals surface area (Å²) in [6.45, 7) is 0.228. The molecule has 1 heterocycles. The Hall–Kier alpha value is -2.28. The van der Waals surface area contributed by atoms with Gasteiger partial charge in [-0.05, 0) is 42.8 Å². The van der Waals surface area contributed by atoms with Crippen LogP contribution in [0.25, 0.3) is 0 Å². The van der Waals surface area contributed by atoms with E-state index < -0.39 is 5.56 Å². The van der Waals surface area contributed by atoms with Crippen LogP contribution in [0.3, 0.4) is 0 Å². The second-order valence-electron chi connectivity index (χ2n) is 5.22. The quantitative estimate of drug-likeness (QED) is 0.671. The minimum absolute atomic E-state index is 0.0858. The lowest BCUT2D eigenvalue weighted by Crippen LogP contribution is -2.19. The van der Waals surface area contributed by atoms with Gasteiger partial charge in [0.1, 0.15) is 11.4 Å². The Balaban J connectivity index is 1.99. The van der Waals surface area contributed by atoms with Crippen molar-refractivity contribution in [3.05, 3.63) is 56.3 Å². The third-order valence-corrected chi connectivity index (χ3v) is 3.74. The van der Waals surface area contributed by atoms with Crippen LogP contribution in [0.5, 0.6) is 5.88 Å². The largest absolute Gasteiger partial charge is 0.494 e. The highest BCUT2D eigenvalue weighted by atomic mass is 32.1. The minimum atomic E-state index is -0.470. The molecule has 1 aromatic carbocycles. The number of hydrogen-bond donors (Lipinski definition) is 2. The summed E-state index contributed by atoms with van der Waals surface area (Å²) in [5, 5.41) is 10.3. The van der Waals surface area contributed by atoms with Crippen molar-refractivity contribution in [3.8, 4) is 5.88 Å². The van der Waals surface area contributed by atoms with Crippen LogP contribution < -0.4 is 5.56 Å². The lowest BCUT2D eigenvalue weighted by molar-refractivity contribution is 0.411. The summed E-state index contributed by atoms with van der Waals surface area (Å²) in [6, 6.07) is 6.10. The number of rotatable bonds is 4. The summed E-state index contributed by atoms with van der Waals surface area (Å²) >= 11 is 5.09. The Morgan fingerprint density at radius 2 is 2.09 bits per heavy atom. The summed E-state index contributed by atoms with van der Waals surface area (Å²) in [7, 11) is 0. The van der Waals surface area contributed by atoms with Crippen LogP contribution in [0, 0.1) is 10.6 Å². The standard InChI is InChI=1S/C15H14FN3O2S/c16-10-3-1-9(2-4-10)8-19-14(21)12(7-17-11-5-6-11)13(20)18-15(19)22/h1-4,7,11,21H,5-6,8H2,(H,18,20,22). The maximum atomic E-state index is 12.9. The molecule has 7 heteroatoms. The summed E-state index contributed by atoms with van der Waals surface area (Å²) in [4.78, 5) is 18.6. The number of nitrogens with one attached hydrogen (secondary N) is 1. The number of aliphatic imine (C=N–C) groups is 1. The molecule has 114 valence electrons. The van der Waals surface area contributed by atoms with Gasteiger partial charge in [-0.1, -0.05) is 12.1 Å². The second kappa shape index (κ2) is 5.84. The number of aromatic nitrogens is 2. The van der Waals surface area contributed by atoms with Crippen LogP contribution in [-0.2, 0) is 6.54 Å². The highest BCUT2D eigenvalue weighted by molar-refractivity contribution is 7.71. The van der Waals surface area contributed by atoms with E-state index in [0.717, 1.165) is 18.4 Å². The molecular formula is C15H14FN3O2S. The zero-order valence-electron chi connectivity index (χ0n) is 11.6. The molecule has 5 nitrogen and oxygen atoms in total. The molecule has 0 radical (unpaired) electrons. The van der Waals surface area contributed by atoms with Gasteiger partial charge < -0.3 is 5.11 Å². The topological polar surface area (TPSA) is 70.4 Å². The van der Waals surface area contributed by atoms with Gasteiger partial charge in [-0.3, -0.25) is 19.3 Å². The summed E-state index contributed by atoms with van der Waals surface area (Å²) in [5.74, 6) is -0.572. The van der Waals surface area contributed by atoms with Crippen molar-refractivity contribution >= 4 is 18.4 Å². The number of aromatic hydroxyl groups is 1. The summed E-state index contributed by atoms with van der Waals surface area (Å²) in [6.07, 6.45) is 3.40. The molecular weight excluding hydrogens is 305 g/mol. The van der Waals surface area contributed by atoms with Crippen molar-refractivity contribution in [1.29, 1.82) is 0 Å². The molecule has 0 aliphatic heterocycles. The number of hydrogen-bond acceptors (Lipinski definition) is 4. The molecule has 0 atom stereocenters. The fourth-order valence-corrected chi connectivity index (χ4v) is 2.26. The molecule has 22 heavy (non-hydrogen) atoms. The van der Waals surface area contributed by atoms with Gasteiger partial charge in [-0.25, -0.2) is 4.39 Å². The molecule has 0 spiro atoms. The smallest absolute Gasteiger partial charge is 0.264 e. The first kappa shape index (κ1) is 14.6. The van der Waals surface area contributed by atoms with Crippen molar-refractivity contribution in [2.45, 2.75) is 25.4 Å². The van der Waals surface area contributed by atoms with Crippen LogP contribution in [0.1, 0.15) is 24.0 Å². The third kappa shape index (κ3) is 3.14. The first-order chi connectivity index (χ1) is 10.5. The Bertz CT molecular complexity index is 835. The molecule has 1 aliphatic rings. The van der Waals surface area contributed by atoms with Gasteiger partial charge in [-0.15, -0.1) is 0 Å². The average molecular weight is 319 g/mol. The lowest BCUT2D eigenvalue weighted by Gasteiger charge is -2.11. The van der Waals surface area contributed by atoms with Gasteiger partial charge in [-0.2, -0.15) is 0 Å². The molecule has 1 fully saturated rings. The van der Waals surface area contributed by atoms with Gasteiger partial charge in [0, 0.05) is 6.21 Å². The van der Waals surface area contributed by atoms with E-state index in [9.17, 15) is 14.3 Å². The Labute approximate surface area is 130 Å². The monoisotopic (exact) mass is 319 g/mol. The number of nitrogens with zero attached hydrogens (tertiary/aromatic N) is 2. The molecule has 2 aromatic rings. The number of aromatic amines is 1. The first-order valence-electron chi connectivity index (χ1n) is 6.88. The molecule has 0 saturated heterocycles. The number of halogens is 1. The van der Waals surface area contributed by atoms with Crippen molar-refractivity contribution in [2.24, 2.45) is 4.99 Å². The van der Waals surface area contributed by atoms with Gasteiger partial charge in [0.05, 0.1) is 12.6 Å². The van der Waals surface area contributed by atoms with Crippen LogP contribution in [0.15, 0.2) is 34.1 Å². The van der Waals surface area contributed by atoms with E-state index in [2.05, 4.69) is 9.98 Å². The zero-order valence-corrected chi connectivity index (χ0v) is 12.4. The zero-order chi connectivity index (χ0) is 15.7. The van der Waals surface area contributed by atoms with Crippen LogP contribution in [0.4, 0.5) is 4.39 Å². The van der Waals surface area contributed by atoms with Crippen LogP contribution in [-0.4, -0.2) is 26.9 Å².